The highest BCUT2D eigenvalue weighted by molar-refractivity contribution is 5.81. The summed E-state index contributed by atoms with van der Waals surface area (Å²) in [5.74, 6) is 0.747. The Morgan fingerprint density at radius 2 is 1.83 bits per heavy atom. The van der Waals surface area contributed by atoms with Gasteiger partial charge in [0.25, 0.3) is 0 Å². The third kappa shape index (κ3) is 7.77. The highest BCUT2D eigenvalue weighted by Gasteiger charge is 1.99. The number of hydrogen-bond donors (Lipinski definition) is 1. The van der Waals surface area contributed by atoms with Crippen LogP contribution in [-0.4, -0.2) is 5.71 Å². The predicted octanol–water partition coefficient (Wildman–Crippen LogP) is 4.02. The van der Waals surface area contributed by atoms with Crippen molar-refractivity contribution >= 4 is 5.71 Å². The summed E-state index contributed by atoms with van der Waals surface area (Å²) in [6.45, 7) is 6.65. The molecule has 0 unspecified atom stereocenters. The van der Waals surface area contributed by atoms with Gasteiger partial charge in [-0.3, -0.25) is 0 Å². The van der Waals surface area contributed by atoms with E-state index in [0.717, 1.165) is 24.5 Å². The van der Waals surface area contributed by atoms with Crippen LogP contribution >= 0.6 is 0 Å². The Balaban J connectivity index is 3.22. The van der Waals surface area contributed by atoms with Gasteiger partial charge in [0.2, 0.25) is 0 Å². The second-order valence-electron chi connectivity index (χ2n) is 3.99. The summed E-state index contributed by atoms with van der Waals surface area (Å²) in [4.78, 5) is 0. The van der Waals surface area contributed by atoms with Crippen LogP contribution in [0.5, 0.6) is 0 Å². The third-order valence-electron chi connectivity index (χ3n) is 2.11. The summed E-state index contributed by atoms with van der Waals surface area (Å²) in [6, 6.07) is 0. The molecule has 0 saturated carbocycles. The Morgan fingerprint density at radius 1 is 1.17 bits per heavy atom. The number of unbranched alkanes of at least 4 members (excludes halogenated alkanes) is 2. The molecule has 0 radical (unpaired) electrons. The van der Waals surface area contributed by atoms with E-state index in [1.54, 1.807) is 0 Å². The Bertz CT molecular complexity index is 116. The zero-order valence-electron chi connectivity index (χ0n) is 8.82. The van der Waals surface area contributed by atoms with Crippen molar-refractivity contribution in [3.63, 3.8) is 0 Å². The van der Waals surface area contributed by atoms with Gasteiger partial charge < -0.3 is 5.41 Å². The maximum absolute atomic E-state index is 7.66. The number of nitrogens with one attached hydrogen (secondary N) is 1. The Labute approximate surface area is 77.1 Å². The molecule has 1 heteroatoms. The molecule has 0 spiro atoms. The van der Waals surface area contributed by atoms with Gasteiger partial charge in [0.1, 0.15) is 0 Å². The Kier molecular flexibility index (Phi) is 7.12. The normalized spacial score (nSPS) is 10.7. The first-order valence-corrected chi connectivity index (χ1v) is 5.23. The molecule has 12 heavy (non-hydrogen) atoms. The van der Waals surface area contributed by atoms with E-state index in [1.165, 1.54) is 25.7 Å². The fourth-order valence-electron chi connectivity index (χ4n) is 1.18. The zero-order chi connectivity index (χ0) is 9.40. The summed E-state index contributed by atoms with van der Waals surface area (Å²) in [5, 5.41) is 7.66. The molecule has 0 aliphatic heterocycles. The van der Waals surface area contributed by atoms with Crippen molar-refractivity contribution < 1.29 is 0 Å². The SMILES string of the molecule is CCCCCC(=N)CCC(C)C. The molecular weight excluding hydrogens is 146 g/mol. The van der Waals surface area contributed by atoms with E-state index in [2.05, 4.69) is 20.8 Å². The number of rotatable bonds is 7. The Hall–Kier alpha value is -0.330. The summed E-state index contributed by atoms with van der Waals surface area (Å²) in [5.41, 5.74) is 0.956. The van der Waals surface area contributed by atoms with E-state index in [-0.39, 0.29) is 0 Å². The van der Waals surface area contributed by atoms with Crippen molar-refractivity contribution in [3.05, 3.63) is 0 Å². The van der Waals surface area contributed by atoms with Crippen molar-refractivity contribution in [3.8, 4) is 0 Å². The molecule has 0 bridgehead atoms. The zero-order valence-corrected chi connectivity index (χ0v) is 8.82. The average Bonchev–Trinajstić information content (AvgIpc) is 2.01. The highest BCUT2D eigenvalue weighted by Crippen LogP contribution is 2.08. The fraction of sp³-hybridized carbons (Fsp3) is 0.909. The van der Waals surface area contributed by atoms with Gasteiger partial charge in [-0.15, -0.1) is 0 Å². The van der Waals surface area contributed by atoms with Crippen LogP contribution in [0.1, 0.15) is 59.3 Å². The summed E-state index contributed by atoms with van der Waals surface area (Å²) in [7, 11) is 0. The largest absolute Gasteiger partial charge is 0.310 e. The van der Waals surface area contributed by atoms with Crippen molar-refractivity contribution in [1.29, 1.82) is 5.41 Å². The van der Waals surface area contributed by atoms with Crippen LogP contribution < -0.4 is 0 Å². The standard InChI is InChI=1S/C11H23N/c1-4-5-6-7-11(12)9-8-10(2)3/h10,12H,4-9H2,1-3H3. The molecular formula is C11H23N. The second-order valence-corrected chi connectivity index (χ2v) is 3.99. The van der Waals surface area contributed by atoms with Crippen molar-refractivity contribution in [1.82, 2.24) is 0 Å². The minimum atomic E-state index is 0.747. The molecule has 72 valence electrons. The fourth-order valence-corrected chi connectivity index (χ4v) is 1.18. The smallest absolute Gasteiger partial charge is 0.00892 e. The summed E-state index contributed by atoms with van der Waals surface area (Å²) >= 11 is 0. The summed E-state index contributed by atoms with van der Waals surface area (Å²) < 4.78 is 0. The molecule has 0 amide bonds. The lowest BCUT2D eigenvalue weighted by Gasteiger charge is -2.05. The minimum absolute atomic E-state index is 0.747. The lowest BCUT2D eigenvalue weighted by Crippen LogP contribution is -1.99. The lowest BCUT2D eigenvalue weighted by molar-refractivity contribution is 0.597. The van der Waals surface area contributed by atoms with Crippen molar-refractivity contribution in [2.75, 3.05) is 0 Å². The first-order valence-electron chi connectivity index (χ1n) is 5.23. The second kappa shape index (κ2) is 7.33. The Morgan fingerprint density at radius 3 is 2.33 bits per heavy atom. The van der Waals surface area contributed by atoms with E-state index in [1.807, 2.05) is 0 Å². The molecule has 0 aliphatic carbocycles. The minimum Gasteiger partial charge on any atom is -0.310 e. The number of hydrogen-bond acceptors (Lipinski definition) is 1. The topological polar surface area (TPSA) is 23.9 Å². The first-order chi connectivity index (χ1) is 5.66. The van der Waals surface area contributed by atoms with E-state index in [4.69, 9.17) is 5.41 Å². The van der Waals surface area contributed by atoms with Crippen LogP contribution in [0.2, 0.25) is 0 Å². The molecule has 0 atom stereocenters. The molecule has 0 rings (SSSR count). The van der Waals surface area contributed by atoms with E-state index in [0.29, 0.717) is 0 Å². The van der Waals surface area contributed by atoms with Crippen LogP contribution in [0.15, 0.2) is 0 Å². The quantitative estimate of drug-likeness (QED) is 0.439. The van der Waals surface area contributed by atoms with Crippen LogP contribution in [0.4, 0.5) is 0 Å². The molecule has 0 saturated heterocycles. The molecule has 0 heterocycles. The van der Waals surface area contributed by atoms with E-state index < -0.39 is 0 Å². The highest BCUT2D eigenvalue weighted by atomic mass is 14.4. The molecule has 0 aromatic carbocycles. The predicted molar refractivity (Wildman–Crippen MR) is 55.9 cm³/mol. The summed E-state index contributed by atoms with van der Waals surface area (Å²) in [6.07, 6.45) is 6.99. The van der Waals surface area contributed by atoms with E-state index in [9.17, 15) is 0 Å². The van der Waals surface area contributed by atoms with Gasteiger partial charge in [0.05, 0.1) is 0 Å². The van der Waals surface area contributed by atoms with Gasteiger partial charge in [0.15, 0.2) is 0 Å². The molecule has 0 aromatic heterocycles. The van der Waals surface area contributed by atoms with Gasteiger partial charge in [-0.05, 0) is 31.6 Å². The monoisotopic (exact) mass is 169 g/mol. The van der Waals surface area contributed by atoms with Gasteiger partial charge in [-0.25, -0.2) is 0 Å². The third-order valence-corrected chi connectivity index (χ3v) is 2.11. The first kappa shape index (κ1) is 11.7. The lowest BCUT2D eigenvalue weighted by atomic mass is 10.0. The van der Waals surface area contributed by atoms with Gasteiger partial charge >= 0.3 is 0 Å². The molecule has 0 aliphatic rings. The molecule has 0 aromatic rings. The molecule has 0 fully saturated rings. The van der Waals surface area contributed by atoms with Crippen LogP contribution in [0, 0.1) is 11.3 Å². The van der Waals surface area contributed by atoms with Crippen LogP contribution in [-0.2, 0) is 0 Å². The van der Waals surface area contributed by atoms with Gasteiger partial charge in [0, 0.05) is 5.71 Å². The van der Waals surface area contributed by atoms with Gasteiger partial charge in [-0.1, -0.05) is 33.6 Å². The maximum atomic E-state index is 7.66. The van der Waals surface area contributed by atoms with Crippen molar-refractivity contribution in [2.45, 2.75) is 59.3 Å². The van der Waals surface area contributed by atoms with E-state index >= 15 is 0 Å². The van der Waals surface area contributed by atoms with Crippen molar-refractivity contribution in [2.24, 2.45) is 5.92 Å². The van der Waals surface area contributed by atoms with Gasteiger partial charge in [-0.2, -0.15) is 0 Å². The van der Waals surface area contributed by atoms with Crippen LogP contribution in [0.25, 0.3) is 0 Å². The molecule has 1 nitrogen and oxygen atoms in total. The molecule has 1 N–H and O–H groups in total. The van der Waals surface area contributed by atoms with Crippen LogP contribution in [0.3, 0.4) is 0 Å². The maximum Gasteiger partial charge on any atom is 0.00892 e. The average molecular weight is 169 g/mol.